The number of aliphatic carboxylic acids is 1. The number of carboxylic acids is 1. The molecule has 1 aromatic carbocycles. The van der Waals surface area contributed by atoms with E-state index in [0.717, 1.165) is 6.07 Å². The standard InChI is InChI=1S/C17H15FN2O7/c18-10-3-1-2-9-14(10)17(27)20(16(9)26,8-13(23)24)11-4-5-12(22)19(6-7-21)15(11)25/h1-3,11,21H,4-8H2/p+1. The molecule has 1 fully saturated rings. The van der Waals surface area contributed by atoms with Gasteiger partial charge in [-0.25, -0.2) is 18.8 Å². The summed E-state index contributed by atoms with van der Waals surface area (Å²) < 4.78 is 12.8. The first-order valence-electron chi connectivity index (χ1n) is 8.18. The van der Waals surface area contributed by atoms with E-state index in [1.807, 2.05) is 0 Å². The van der Waals surface area contributed by atoms with Crippen LogP contribution in [0.2, 0.25) is 0 Å². The van der Waals surface area contributed by atoms with Crippen molar-refractivity contribution in [3.05, 3.63) is 35.1 Å². The Hall–Kier alpha value is -2.98. The van der Waals surface area contributed by atoms with Crippen molar-refractivity contribution in [2.45, 2.75) is 18.9 Å². The number of aliphatic hydroxyl groups excluding tert-OH is 1. The highest BCUT2D eigenvalue weighted by Crippen LogP contribution is 2.37. The molecule has 0 saturated carbocycles. The minimum absolute atomic E-state index is 0.213. The van der Waals surface area contributed by atoms with Gasteiger partial charge in [-0.2, -0.15) is 4.48 Å². The van der Waals surface area contributed by atoms with Crippen LogP contribution in [0, 0.1) is 5.82 Å². The van der Waals surface area contributed by atoms with Gasteiger partial charge in [0.1, 0.15) is 11.4 Å². The van der Waals surface area contributed by atoms with E-state index in [9.17, 15) is 33.5 Å². The smallest absolute Gasteiger partial charge is 0.360 e. The Bertz CT molecular complexity index is 884. The van der Waals surface area contributed by atoms with Crippen molar-refractivity contribution in [2.24, 2.45) is 0 Å². The molecule has 2 unspecified atom stereocenters. The van der Waals surface area contributed by atoms with Crippen LogP contribution in [0.4, 0.5) is 4.39 Å². The molecular weight excluding hydrogens is 363 g/mol. The van der Waals surface area contributed by atoms with Gasteiger partial charge in [0, 0.05) is 12.8 Å². The minimum Gasteiger partial charge on any atom is -0.477 e. The molecule has 2 heterocycles. The number of likely N-dealkylation sites (tertiary alicyclic amines) is 1. The molecule has 2 aliphatic heterocycles. The zero-order valence-corrected chi connectivity index (χ0v) is 14.1. The van der Waals surface area contributed by atoms with Crippen molar-refractivity contribution in [3.8, 4) is 0 Å². The fraction of sp³-hybridized carbons (Fsp3) is 0.353. The first-order chi connectivity index (χ1) is 12.8. The summed E-state index contributed by atoms with van der Waals surface area (Å²) in [6, 6.07) is 1.89. The number of rotatable bonds is 5. The summed E-state index contributed by atoms with van der Waals surface area (Å²) in [5.74, 6) is -6.15. The topological polar surface area (TPSA) is 129 Å². The van der Waals surface area contributed by atoms with E-state index in [1.165, 1.54) is 12.1 Å². The summed E-state index contributed by atoms with van der Waals surface area (Å²) in [6.45, 7) is -1.92. The predicted molar refractivity (Wildman–Crippen MR) is 84.7 cm³/mol. The number of amides is 4. The molecule has 3 rings (SSSR count). The van der Waals surface area contributed by atoms with Crippen molar-refractivity contribution >= 4 is 29.6 Å². The maximum absolute atomic E-state index is 14.2. The molecule has 142 valence electrons. The van der Waals surface area contributed by atoms with Crippen LogP contribution in [0.1, 0.15) is 33.6 Å². The van der Waals surface area contributed by atoms with Gasteiger partial charge in [-0.15, -0.1) is 0 Å². The van der Waals surface area contributed by atoms with Gasteiger partial charge in [0.15, 0.2) is 12.6 Å². The van der Waals surface area contributed by atoms with Crippen molar-refractivity contribution < 1.29 is 43.1 Å². The molecule has 27 heavy (non-hydrogen) atoms. The number of quaternary nitrogens is 1. The highest BCUT2D eigenvalue weighted by molar-refractivity contribution is 6.16. The van der Waals surface area contributed by atoms with Gasteiger partial charge in [-0.1, -0.05) is 6.07 Å². The number of aliphatic hydroxyl groups is 1. The second kappa shape index (κ2) is 6.63. The molecule has 2 aliphatic rings. The third kappa shape index (κ3) is 2.64. The zero-order chi connectivity index (χ0) is 19.9. The lowest BCUT2D eigenvalue weighted by Gasteiger charge is -2.39. The number of carboxylic acid groups (broad SMARTS) is 1. The molecule has 1 saturated heterocycles. The second-order valence-electron chi connectivity index (χ2n) is 6.36. The molecule has 2 N–H and O–H groups in total. The van der Waals surface area contributed by atoms with Gasteiger partial charge in [0.25, 0.3) is 5.91 Å². The summed E-state index contributed by atoms with van der Waals surface area (Å²) in [7, 11) is 0. The average Bonchev–Trinajstić information content (AvgIpc) is 2.82. The Labute approximate surface area is 152 Å². The Balaban J connectivity index is 2.16. The zero-order valence-electron chi connectivity index (χ0n) is 14.1. The molecule has 1 aromatic rings. The highest BCUT2D eigenvalue weighted by Gasteiger charge is 2.64. The summed E-state index contributed by atoms with van der Waals surface area (Å²) in [6.07, 6.45) is -0.449. The number of hydrogen-bond acceptors (Lipinski definition) is 6. The van der Waals surface area contributed by atoms with Gasteiger partial charge in [0.2, 0.25) is 5.91 Å². The molecule has 4 amide bonds. The monoisotopic (exact) mass is 379 g/mol. The summed E-state index contributed by atoms with van der Waals surface area (Å²) >= 11 is 0. The van der Waals surface area contributed by atoms with E-state index in [2.05, 4.69) is 0 Å². The summed E-state index contributed by atoms with van der Waals surface area (Å²) in [5, 5.41) is 18.4. The third-order valence-corrected chi connectivity index (χ3v) is 4.91. The number of imide groups is 2. The van der Waals surface area contributed by atoms with Gasteiger partial charge >= 0.3 is 17.8 Å². The number of halogens is 1. The van der Waals surface area contributed by atoms with Crippen molar-refractivity contribution in [1.29, 1.82) is 0 Å². The van der Waals surface area contributed by atoms with Crippen molar-refractivity contribution in [2.75, 3.05) is 19.7 Å². The number of carbonyl (C=O) groups is 5. The van der Waals surface area contributed by atoms with E-state index in [4.69, 9.17) is 5.11 Å². The van der Waals surface area contributed by atoms with E-state index in [-0.39, 0.29) is 24.9 Å². The quantitative estimate of drug-likeness (QED) is 0.523. The Kier molecular flexibility index (Phi) is 4.62. The summed E-state index contributed by atoms with van der Waals surface area (Å²) in [4.78, 5) is 63.0. The molecule has 0 bridgehead atoms. The molecule has 0 radical (unpaired) electrons. The molecule has 10 heteroatoms. The largest absolute Gasteiger partial charge is 0.477 e. The number of benzene rings is 1. The number of hydrogen-bond donors (Lipinski definition) is 2. The highest BCUT2D eigenvalue weighted by atomic mass is 19.1. The van der Waals surface area contributed by atoms with E-state index < -0.39 is 64.7 Å². The van der Waals surface area contributed by atoms with Crippen molar-refractivity contribution in [1.82, 2.24) is 4.90 Å². The van der Waals surface area contributed by atoms with Crippen LogP contribution in [0.15, 0.2) is 18.2 Å². The third-order valence-electron chi connectivity index (χ3n) is 4.91. The SMILES string of the molecule is O=C(O)C[N+]1(C2CCC(=O)N(CCO)C2=O)C(=O)c2cccc(F)c2C1=O. The first-order valence-corrected chi connectivity index (χ1v) is 8.18. The van der Waals surface area contributed by atoms with Gasteiger partial charge in [-0.3, -0.25) is 14.5 Å². The van der Waals surface area contributed by atoms with Crippen molar-refractivity contribution in [3.63, 3.8) is 0 Å². The number of fused-ring (bicyclic) bond motifs is 1. The van der Waals surface area contributed by atoms with E-state index in [1.54, 1.807) is 0 Å². The predicted octanol–water partition coefficient (Wildman–Crippen LogP) is -0.469. The number of β-amino-alcohol motifs (C(OH)–C–C–N with tert-alkyl or cyclic N) is 1. The van der Waals surface area contributed by atoms with Crippen LogP contribution in [0.25, 0.3) is 0 Å². The second-order valence-corrected chi connectivity index (χ2v) is 6.36. The maximum atomic E-state index is 14.2. The summed E-state index contributed by atoms with van der Waals surface area (Å²) in [5.41, 5.74) is -0.846. The van der Waals surface area contributed by atoms with Crippen LogP contribution < -0.4 is 0 Å². The fourth-order valence-corrected chi connectivity index (χ4v) is 3.74. The van der Waals surface area contributed by atoms with Gasteiger partial charge in [0.05, 0.1) is 18.7 Å². The first kappa shape index (κ1) is 18.8. The Morgan fingerprint density at radius 2 is 1.93 bits per heavy atom. The molecule has 0 aliphatic carbocycles. The molecule has 9 nitrogen and oxygen atoms in total. The molecule has 0 aromatic heterocycles. The van der Waals surface area contributed by atoms with Gasteiger partial charge < -0.3 is 10.2 Å². The molecular formula is C17H16FN2O7+. The van der Waals surface area contributed by atoms with E-state index >= 15 is 0 Å². The van der Waals surface area contributed by atoms with Crippen LogP contribution in [0.5, 0.6) is 0 Å². The minimum atomic E-state index is -1.52. The number of piperidine rings is 1. The van der Waals surface area contributed by atoms with Crippen LogP contribution in [0.3, 0.4) is 0 Å². The lowest BCUT2D eigenvalue weighted by atomic mass is 9.99. The normalized spacial score (nSPS) is 25.1. The lowest BCUT2D eigenvalue weighted by Crippen LogP contribution is -2.68. The average molecular weight is 379 g/mol. The Morgan fingerprint density at radius 1 is 1.22 bits per heavy atom. The fourth-order valence-electron chi connectivity index (χ4n) is 3.74. The van der Waals surface area contributed by atoms with Gasteiger partial charge in [-0.05, 0) is 12.1 Å². The molecule has 2 atom stereocenters. The lowest BCUT2D eigenvalue weighted by molar-refractivity contribution is -0.774. The molecule has 0 spiro atoms. The van der Waals surface area contributed by atoms with E-state index in [0.29, 0.717) is 4.90 Å². The number of carbonyl (C=O) groups excluding carboxylic acids is 4. The maximum Gasteiger partial charge on any atom is 0.360 e. The Morgan fingerprint density at radius 3 is 2.52 bits per heavy atom. The van der Waals surface area contributed by atoms with Crippen LogP contribution >= 0.6 is 0 Å². The number of nitrogens with zero attached hydrogens (tertiary/aromatic N) is 2. The van der Waals surface area contributed by atoms with Crippen LogP contribution in [-0.2, 0) is 14.4 Å². The van der Waals surface area contributed by atoms with Crippen LogP contribution in [-0.4, -0.2) is 74.9 Å².